The molecule has 0 spiro atoms. The Hall–Kier alpha value is -1.84. The lowest BCUT2D eigenvalue weighted by Gasteiger charge is -2.06. The monoisotopic (exact) mass is 302 g/mol. The van der Waals surface area contributed by atoms with E-state index in [4.69, 9.17) is 9.47 Å². The Labute approximate surface area is 130 Å². The van der Waals surface area contributed by atoms with Crippen molar-refractivity contribution in [2.75, 3.05) is 0 Å². The van der Waals surface area contributed by atoms with Gasteiger partial charge in [-0.1, -0.05) is 25.7 Å². The minimum atomic E-state index is -0.193. The lowest BCUT2D eigenvalue weighted by atomic mass is 10.2. The van der Waals surface area contributed by atoms with Crippen LogP contribution in [0.3, 0.4) is 0 Å². The summed E-state index contributed by atoms with van der Waals surface area (Å²) in [6.07, 6.45) is 7.78. The molecule has 4 heteroatoms. The molecule has 2 aliphatic rings. The second-order valence-electron chi connectivity index (χ2n) is 6.38. The molecule has 0 aliphatic heterocycles. The van der Waals surface area contributed by atoms with Crippen LogP contribution in [0, 0.1) is 11.8 Å². The molecule has 3 rings (SSSR count). The highest BCUT2D eigenvalue weighted by Gasteiger charge is 2.23. The van der Waals surface area contributed by atoms with Gasteiger partial charge in [-0.3, -0.25) is 9.59 Å². The van der Waals surface area contributed by atoms with Crippen molar-refractivity contribution in [3.63, 3.8) is 0 Å². The van der Waals surface area contributed by atoms with E-state index in [2.05, 4.69) is 0 Å². The van der Waals surface area contributed by atoms with Gasteiger partial charge >= 0.3 is 11.9 Å². The van der Waals surface area contributed by atoms with Crippen molar-refractivity contribution >= 4 is 11.9 Å². The van der Waals surface area contributed by atoms with Crippen molar-refractivity contribution in [2.24, 2.45) is 11.8 Å². The maximum atomic E-state index is 11.7. The highest BCUT2D eigenvalue weighted by Crippen LogP contribution is 2.34. The number of rotatable bonds is 8. The van der Waals surface area contributed by atoms with E-state index in [-0.39, 0.29) is 11.9 Å². The lowest BCUT2D eigenvalue weighted by Crippen LogP contribution is -2.09. The first-order chi connectivity index (χ1) is 10.7. The minimum absolute atomic E-state index is 0.193. The molecule has 0 aromatic heterocycles. The maximum absolute atomic E-state index is 11.7. The Bertz CT molecular complexity index is 478. The number of benzene rings is 1. The average molecular weight is 302 g/mol. The van der Waals surface area contributed by atoms with E-state index in [1.54, 1.807) is 24.3 Å². The Morgan fingerprint density at radius 3 is 1.45 bits per heavy atom. The van der Waals surface area contributed by atoms with Gasteiger partial charge in [-0.05, 0) is 48.9 Å². The fourth-order valence-corrected chi connectivity index (χ4v) is 2.40. The van der Waals surface area contributed by atoms with Gasteiger partial charge in [0.2, 0.25) is 0 Å². The van der Waals surface area contributed by atoms with Crippen LogP contribution in [-0.2, 0) is 9.59 Å². The van der Waals surface area contributed by atoms with E-state index < -0.39 is 0 Å². The van der Waals surface area contributed by atoms with Crippen molar-refractivity contribution < 1.29 is 19.1 Å². The number of carbonyl (C=O) groups excluding carboxylic acids is 2. The molecule has 2 aliphatic carbocycles. The van der Waals surface area contributed by atoms with Gasteiger partial charge in [0.05, 0.1) is 0 Å². The van der Waals surface area contributed by atoms with E-state index >= 15 is 0 Å². The zero-order valence-electron chi connectivity index (χ0n) is 12.8. The molecular formula is C18H22O4. The standard InChI is InChI=1S/C18H22O4/c19-17(11-5-13-1-2-13)21-15-7-9-16(10-8-15)22-18(20)12-6-14-3-4-14/h7-10,13-14H,1-6,11-12H2. The summed E-state index contributed by atoms with van der Waals surface area (Å²) in [7, 11) is 0. The van der Waals surface area contributed by atoms with Crippen LogP contribution >= 0.6 is 0 Å². The normalized spacial score (nSPS) is 17.1. The van der Waals surface area contributed by atoms with Crippen LogP contribution in [0.1, 0.15) is 51.4 Å². The topological polar surface area (TPSA) is 52.6 Å². The molecule has 0 heterocycles. The van der Waals surface area contributed by atoms with Crippen LogP contribution < -0.4 is 9.47 Å². The van der Waals surface area contributed by atoms with Crippen LogP contribution in [0.4, 0.5) is 0 Å². The Morgan fingerprint density at radius 1 is 0.773 bits per heavy atom. The fourth-order valence-electron chi connectivity index (χ4n) is 2.40. The van der Waals surface area contributed by atoms with E-state index in [0.29, 0.717) is 24.3 Å². The first-order valence-electron chi connectivity index (χ1n) is 8.20. The van der Waals surface area contributed by atoms with E-state index in [0.717, 1.165) is 24.7 Å². The summed E-state index contributed by atoms with van der Waals surface area (Å²) < 4.78 is 10.5. The van der Waals surface area contributed by atoms with Crippen LogP contribution in [0.25, 0.3) is 0 Å². The van der Waals surface area contributed by atoms with Crippen molar-refractivity contribution in [3.05, 3.63) is 24.3 Å². The largest absolute Gasteiger partial charge is 0.427 e. The molecule has 4 nitrogen and oxygen atoms in total. The molecule has 0 atom stereocenters. The molecule has 0 unspecified atom stereocenters. The van der Waals surface area contributed by atoms with Gasteiger partial charge in [-0.25, -0.2) is 0 Å². The minimum Gasteiger partial charge on any atom is -0.427 e. The summed E-state index contributed by atoms with van der Waals surface area (Å²) in [5.74, 6) is 2.06. The highest BCUT2D eigenvalue weighted by atomic mass is 16.5. The summed E-state index contributed by atoms with van der Waals surface area (Å²) in [4.78, 5) is 23.3. The molecule has 1 aromatic carbocycles. The summed E-state index contributed by atoms with van der Waals surface area (Å²) in [6, 6.07) is 6.66. The van der Waals surface area contributed by atoms with E-state index in [9.17, 15) is 9.59 Å². The van der Waals surface area contributed by atoms with Crippen molar-refractivity contribution in [1.82, 2.24) is 0 Å². The van der Waals surface area contributed by atoms with Crippen molar-refractivity contribution in [2.45, 2.75) is 51.4 Å². The van der Waals surface area contributed by atoms with Gasteiger partial charge in [0.15, 0.2) is 0 Å². The Morgan fingerprint density at radius 2 is 1.14 bits per heavy atom. The summed E-state index contributed by atoms with van der Waals surface area (Å²) in [5.41, 5.74) is 0. The van der Waals surface area contributed by atoms with Gasteiger partial charge in [0.1, 0.15) is 11.5 Å². The van der Waals surface area contributed by atoms with Crippen LogP contribution in [-0.4, -0.2) is 11.9 Å². The number of hydrogen-bond acceptors (Lipinski definition) is 4. The van der Waals surface area contributed by atoms with Gasteiger partial charge in [0, 0.05) is 12.8 Å². The molecule has 0 bridgehead atoms. The first-order valence-corrected chi connectivity index (χ1v) is 8.20. The second-order valence-corrected chi connectivity index (χ2v) is 6.38. The zero-order valence-corrected chi connectivity index (χ0v) is 12.8. The fraction of sp³-hybridized carbons (Fsp3) is 0.556. The molecule has 2 saturated carbocycles. The molecular weight excluding hydrogens is 280 g/mol. The number of carbonyl (C=O) groups is 2. The van der Waals surface area contributed by atoms with Crippen LogP contribution in [0.5, 0.6) is 11.5 Å². The van der Waals surface area contributed by atoms with Crippen LogP contribution in [0.15, 0.2) is 24.3 Å². The Kier molecular flexibility index (Phi) is 4.76. The molecule has 0 amide bonds. The van der Waals surface area contributed by atoms with E-state index in [1.165, 1.54) is 25.7 Å². The lowest BCUT2D eigenvalue weighted by molar-refractivity contribution is -0.135. The van der Waals surface area contributed by atoms with Gasteiger partial charge < -0.3 is 9.47 Å². The SMILES string of the molecule is O=C(CCC1CC1)Oc1ccc(OC(=O)CCC2CC2)cc1. The molecule has 1 aromatic rings. The highest BCUT2D eigenvalue weighted by molar-refractivity contribution is 5.73. The van der Waals surface area contributed by atoms with Crippen molar-refractivity contribution in [1.29, 1.82) is 0 Å². The molecule has 118 valence electrons. The number of ether oxygens (including phenoxy) is 2. The average Bonchev–Trinajstić information content (AvgIpc) is 3.39. The van der Waals surface area contributed by atoms with Crippen LogP contribution in [0.2, 0.25) is 0 Å². The predicted molar refractivity (Wildman–Crippen MR) is 81.6 cm³/mol. The predicted octanol–water partition coefficient (Wildman–Crippen LogP) is 3.88. The van der Waals surface area contributed by atoms with Crippen molar-refractivity contribution in [3.8, 4) is 11.5 Å². The first kappa shape index (κ1) is 15.1. The molecule has 22 heavy (non-hydrogen) atoms. The smallest absolute Gasteiger partial charge is 0.311 e. The second kappa shape index (κ2) is 6.95. The number of esters is 2. The van der Waals surface area contributed by atoms with Gasteiger partial charge in [0.25, 0.3) is 0 Å². The van der Waals surface area contributed by atoms with Gasteiger partial charge in [-0.2, -0.15) is 0 Å². The van der Waals surface area contributed by atoms with Gasteiger partial charge in [-0.15, -0.1) is 0 Å². The molecule has 2 fully saturated rings. The third-order valence-electron chi connectivity index (χ3n) is 4.19. The third-order valence-corrected chi connectivity index (χ3v) is 4.19. The third kappa shape index (κ3) is 5.17. The zero-order chi connectivity index (χ0) is 15.4. The molecule has 0 N–H and O–H groups in total. The summed E-state index contributed by atoms with van der Waals surface area (Å²) >= 11 is 0. The molecule has 0 radical (unpaired) electrons. The molecule has 0 saturated heterocycles. The maximum Gasteiger partial charge on any atom is 0.311 e. The Balaban J connectivity index is 1.40. The van der Waals surface area contributed by atoms with E-state index in [1.807, 2.05) is 0 Å². The summed E-state index contributed by atoms with van der Waals surface area (Å²) in [6.45, 7) is 0. The number of hydrogen-bond donors (Lipinski definition) is 0. The quantitative estimate of drug-likeness (QED) is 0.540. The summed E-state index contributed by atoms with van der Waals surface area (Å²) in [5, 5.41) is 0.